The summed E-state index contributed by atoms with van der Waals surface area (Å²) in [4.78, 5) is 7.34. The lowest BCUT2D eigenvalue weighted by Crippen LogP contribution is -2.17. The highest BCUT2D eigenvalue weighted by Gasteiger charge is 2.23. The van der Waals surface area contributed by atoms with Gasteiger partial charge >= 0.3 is 0 Å². The summed E-state index contributed by atoms with van der Waals surface area (Å²) in [5, 5.41) is 0. The maximum absolute atomic E-state index is 13.6. The highest BCUT2D eigenvalue weighted by molar-refractivity contribution is 5.20. The zero-order valence-corrected chi connectivity index (χ0v) is 7.00. The van der Waals surface area contributed by atoms with Gasteiger partial charge < -0.3 is 5.73 Å². The molecule has 3 nitrogen and oxygen atoms in total. The van der Waals surface area contributed by atoms with E-state index in [0.29, 0.717) is 0 Å². The molecule has 66 valence electrons. The first-order chi connectivity index (χ1) is 6.23. The molecule has 0 saturated carbocycles. The van der Waals surface area contributed by atoms with Gasteiger partial charge in [-0.15, -0.1) is 0 Å². The van der Waals surface area contributed by atoms with E-state index in [4.69, 9.17) is 8.48 Å². The number of nitrogens with two attached hydrogens (primary N) is 1. The average Bonchev–Trinajstić information content (AvgIpc) is 2.01. The molecule has 1 rings (SSSR count). The number of aromatic nitrogens is 2. The summed E-state index contributed by atoms with van der Waals surface area (Å²) in [6.45, 7) is 0.467. The quantitative estimate of drug-likeness (QED) is 0.726. The minimum absolute atomic E-state index is 0.0139. The smallest absolute Gasteiger partial charge is 0.147 e. The number of rotatable bonds is 2. The molecule has 0 aromatic carbocycles. The van der Waals surface area contributed by atoms with Crippen LogP contribution in [-0.4, -0.2) is 9.97 Å². The van der Waals surface area contributed by atoms with E-state index in [1.165, 1.54) is 26.4 Å². The fourth-order valence-electron chi connectivity index (χ4n) is 0.909. The van der Waals surface area contributed by atoms with Crippen LogP contribution in [0.1, 0.15) is 27.8 Å². The van der Waals surface area contributed by atoms with Gasteiger partial charge in [-0.1, -0.05) is 0 Å². The maximum Gasteiger partial charge on any atom is 0.147 e. The van der Waals surface area contributed by atoms with Crippen molar-refractivity contribution in [3.63, 3.8) is 0 Å². The normalized spacial score (nSPS) is 15.3. The van der Waals surface area contributed by atoms with E-state index in [0.717, 1.165) is 0 Å². The van der Waals surface area contributed by atoms with Gasteiger partial charge in [-0.2, -0.15) is 0 Å². The van der Waals surface area contributed by atoms with Crippen LogP contribution in [0.3, 0.4) is 0 Å². The van der Waals surface area contributed by atoms with Crippen LogP contribution < -0.4 is 5.73 Å². The number of hydrogen-bond acceptors (Lipinski definition) is 3. The van der Waals surface area contributed by atoms with Gasteiger partial charge in [-0.25, -0.2) is 14.4 Å². The lowest BCUT2D eigenvalue weighted by Gasteiger charge is -2.15. The third-order valence-corrected chi connectivity index (χ3v) is 1.43. The first kappa shape index (κ1) is 6.48. The monoisotopic (exact) mass is 171 g/mol. The Balaban J connectivity index is 3.31. The molecule has 0 atom stereocenters. The van der Waals surface area contributed by atoms with Gasteiger partial charge in [0, 0.05) is 21.0 Å². The predicted molar refractivity (Wildman–Crippen MR) is 44.1 cm³/mol. The molecule has 1 aromatic rings. The average molecular weight is 171 g/mol. The Hall–Kier alpha value is -1.03. The van der Waals surface area contributed by atoms with Crippen LogP contribution in [-0.2, 0) is 12.2 Å². The molecule has 0 aliphatic heterocycles. The lowest BCUT2D eigenvalue weighted by molar-refractivity contribution is 0.212. The van der Waals surface area contributed by atoms with Crippen molar-refractivity contribution in [2.24, 2.45) is 5.73 Å². The molecule has 0 fully saturated rings. The van der Waals surface area contributed by atoms with E-state index < -0.39 is 12.2 Å². The Morgan fingerprint density at radius 1 is 1.75 bits per heavy atom. The van der Waals surface area contributed by atoms with Gasteiger partial charge in [-0.3, -0.25) is 0 Å². The van der Waals surface area contributed by atoms with Crippen molar-refractivity contribution in [2.45, 2.75) is 26.0 Å². The van der Waals surface area contributed by atoms with Crippen LogP contribution in [0.15, 0.2) is 12.5 Å². The summed E-state index contributed by atoms with van der Waals surface area (Å²) >= 11 is 0. The summed E-state index contributed by atoms with van der Waals surface area (Å²) in [6.07, 6.45) is 2.37. The second-order valence-corrected chi connectivity index (χ2v) is 2.90. The molecule has 0 unspecified atom stereocenters. The Morgan fingerprint density at radius 3 is 2.83 bits per heavy atom. The van der Waals surface area contributed by atoms with Crippen molar-refractivity contribution >= 4 is 0 Å². The molecule has 0 spiro atoms. The molecule has 1 heterocycles. The van der Waals surface area contributed by atoms with Gasteiger partial charge in [0.15, 0.2) is 0 Å². The molecule has 0 aliphatic carbocycles. The summed E-state index contributed by atoms with van der Waals surface area (Å²) in [5.41, 5.74) is 3.48. The zero-order chi connectivity index (χ0) is 11.0. The molecule has 4 heteroatoms. The van der Waals surface area contributed by atoms with Crippen molar-refractivity contribution in [3.05, 3.63) is 23.8 Å². The summed E-state index contributed by atoms with van der Waals surface area (Å²) < 4.78 is 28.2. The van der Waals surface area contributed by atoms with Crippen LogP contribution in [0.25, 0.3) is 0 Å². The minimum atomic E-state index is -2.13. The van der Waals surface area contributed by atoms with Crippen LogP contribution in [0.2, 0.25) is 0 Å². The Kier molecular flexibility index (Phi) is 1.70. The zero-order valence-electron chi connectivity index (χ0n) is 9.00. The molecule has 0 bridgehead atoms. The standard InChI is InChI=1S/C8H12FN3/c1-8(2,9)7-6(3-10)4-11-5-12-7/h4-5H,3,10H2,1-2H3/i3D2. The van der Waals surface area contributed by atoms with Crippen LogP contribution in [0, 0.1) is 0 Å². The predicted octanol–water partition coefficient (Wildman–Crippen LogP) is 1.14. The molecular formula is C8H12FN3. The SMILES string of the molecule is [2H]C([2H])(N)c1cncnc1C(C)(C)F. The van der Waals surface area contributed by atoms with Crippen LogP contribution in [0.5, 0.6) is 0 Å². The van der Waals surface area contributed by atoms with E-state index in [1.54, 1.807) is 0 Å². The number of halogens is 1. The highest BCUT2D eigenvalue weighted by atomic mass is 19.1. The van der Waals surface area contributed by atoms with Crippen LogP contribution >= 0.6 is 0 Å². The van der Waals surface area contributed by atoms with Crippen molar-refractivity contribution in [1.82, 2.24) is 9.97 Å². The molecule has 12 heavy (non-hydrogen) atoms. The minimum Gasteiger partial charge on any atom is -0.326 e. The molecule has 1 aromatic heterocycles. The Labute approximate surface area is 73.6 Å². The summed E-state index contributed by atoms with van der Waals surface area (Å²) in [7, 11) is 0. The van der Waals surface area contributed by atoms with Gasteiger partial charge in [0.05, 0.1) is 5.69 Å². The second kappa shape index (κ2) is 3.15. The summed E-state index contributed by atoms with van der Waals surface area (Å²) in [5.74, 6) is 0. The van der Waals surface area contributed by atoms with E-state index in [2.05, 4.69) is 9.97 Å². The lowest BCUT2D eigenvalue weighted by atomic mass is 10.0. The molecule has 0 aliphatic rings. The molecule has 2 N–H and O–H groups in total. The first-order valence-electron chi connectivity index (χ1n) is 4.51. The number of nitrogens with zero attached hydrogens (tertiary/aromatic N) is 2. The first-order valence-corrected chi connectivity index (χ1v) is 3.51. The second-order valence-electron chi connectivity index (χ2n) is 2.90. The Morgan fingerprint density at radius 2 is 2.42 bits per heavy atom. The number of alkyl halides is 1. The van der Waals surface area contributed by atoms with Gasteiger partial charge in [0.1, 0.15) is 12.0 Å². The summed E-state index contributed by atoms with van der Waals surface area (Å²) in [6, 6.07) is 0. The third-order valence-electron chi connectivity index (χ3n) is 1.43. The van der Waals surface area contributed by atoms with Gasteiger partial charge in [0.25, 0.3) is 0 Å². The number of hydrogen-bond donors (Lipinski definition) is 1. The topological polar surface area (TPSA) is 51.8 Å². The van der Waals surface area contributed by atoms with Crippen LogP contribution in [0.4, 0.5) is 4.39 Å². The van der Waals surface area contributed by atoms with Crippen molar-refractivity contribution in [3.8, 4) is 0 Å². The van der Waals surface area contributed by atoms with Gasteiger partial charge in [0.2, 0.25) is 0 Å². The highest BCUT2D eigenvalue weighted by Crippen LogP contribution is 2.24. The van der Waals surface area contributed by atoms with Crippen molar-refractivity contribution in [2.75, 3.05) is 0 Å². The molecule has 0 amide bonds. The Bertz CT molecular complexity index is 297. The molecule has 0 saturated heterocycles. The maximum atomic E-state index is 13.6. The van der Waals surface area contributed by atoms with Crippen molar-refractivity contribution < 1.29 is 7.13 Å². The fourth-order valence-corrected chi connectivity index (χ4v) is 0.909. The van der Waals surface area contributed by atoms with Crippen molar-refractivity contribution in [1.29, 1.82) is 0 Å². The van der Waals surface area contributed by atoms with E-state index in [9.17, 15) is 4.39 Å². The van der Waals surface area contributed by atoms with Gasteiger partial charge in [-0.05, 0) is 13.8 Å². The molecular weight excluding hydrogens is 157 g/mol. The third kappa shape index (κ3) is 1.76. The van der Waals surface area contributed by atoms with E-state index in [-0.39, 0.29) is 11.3 Å². The molecule has 0 radical (unpaired) electrons. The largest absolute Gasteiger partial charge is 0.326 e. The fraction of sp³-hybridized carbons (Fsp3) is 0.500. The van der Waals surface area contributed by atoms with E-state index >= 15 is 0 Å². The van der Waals surface area contributed by atoms with E-state index in [1.807, 2.05) is 0 Å².